The van der Waals surface area contributed by atoms with Crippen LogP contribution in [-0.2, 0) is 11.2 Å². The van der Waals surface area contributed by atoms with Crippen LogP contribution in [0, 0.1) is 12.3 Å². The van der Waals surface area contributed by atoms with Crippen molar-refractivity contribution in [3.8, 4) is 0 Å². The Hall–Kier alpha value is -2.41. The molecule has 2 amide bonds. The van der Waals surface area contributed by atoms with E-state index in [9.17, 15) is 4.79 Å². The first kappa shape index (κ1) is 19.9. The summed E-state index contributed by atoms with van der Waals surface area (Å²) in [5.41, 5.74) is 2.07. The molecule has 7 nitrogen and oxygen atoms in total. The molecule has 2 aliphatic rings. The highest BCUT2D eigenvalue weighted by molar-refractivity contribution is 5.89. The SMILES string of the molecule is CCCCc1ccc(NC(=O)N2C[C@@H](c3nc(C)no3)C3(CCOCC3)C2)cc1. The Morgan fingerprint density at radius 1 is 1.28 bits per heavy atom. The molecule has 0 radical (unpaired) electrons. The Labute approximate surface area is 171 Å². The molecule has 2 aliphatic heterocycles. The summed E-state index contributed by atoms with van der Waals surface area (Å²) in [6, 6.07) is 8.10. The normalized spacial score (nSPS) is 20.9. The Morgan fingerprint density at radius 3 is 2.69 bits per heavy atom. The molecule has 0 bridgehead atoms. The van der Waals surface area contributed by atoms with Gasteiger partial charge in [-0.3, -0.25) is 0 Å². The van der Waals surface area contributed by atoms with Gasteiger partial charge in [-0.15, -0.1) is 0 Å². The van der Waals surface area contributed by atoms with Crippen LogP contribution in [0.5, 0.6) is 0 Å². The van der Waals surface area contributed by atoms with Crippen molar-refractivity contribution in [1.29, 1.82) is 0 Å². The summed E-state index contributed by atoms with van der Waals surface area (Å²) in [5.74, 6) is 1.32. The van der Waals surface area contributed by atoms with E-state index in [1.165, 1.54) is 18.4 Å². The second-order valence-electron chi connectivity index (χ2n) is 8.32. The quantitative estimate of drug-likeness (QED) is 0.818. The van der Waals surface area contributed by atoms with E-state index in [-0.39, 0.29) is 17.4 Å². The molecule has 2 saturated heterocycles. The van der Waals surface area contributed by atoms with Crippen molar-refractivity contribution in [2.45, 2.75) is 51.9 Å². The standard InChI is InChI=1S/C22H30N4O3/c1-3-4-5-17-6-8-18(9-7-17)24-21(27)26-14-19(20-23-16(2)25-29-20)22(15-26)10-12-28-13-11-22/h6-9,19H,3-5,10-15H2,1-2H3,(H,24,27)/t19-/m0/s1. The second kappa shape index (κ2) is 8.53. The fraction of sp³-hybridized carbons (Fsp3) is 0.591. The number of urea groups is 1. The molecule has 1 atom stereocenters. The summed E-state index contributed by atoms with van der Waals surface area (Å²) >= 11 is 0. The molecule has 0 saturated carbocycles. The van der Waals surface area contributed by atoms with Gasteiger partial charge in [0, 0.05) is 37.4 Å². The summed E-state index contributed by atoms with van der Waals surface area (Å²) < 4.78 is 11.1. The molecule has 2 fully saturated rings. The molecule has 7 heteroatoms. The number of anilines is 1. The van der Waals surface area contributed by atoms with E-state index in [0.29, 0.717) is 38.0 Å². The summed E-state index contributed by atoms with van der Waals surface area (Å²) in [6.45, 7) is 6.70. The molecule has 3 heterocycles. The predicted molar refractivity (Wildman–Crippen MR) is 110 cm³/mol. The van der Waals surface area contributed by atoms with Crippen LogP contribution in [0.25, 0.3) is 0 Å². The topological polar surface area (TPSA) is 80.5 Å². The van der Waals surface area contributed by atoms with Gasteiger partial charge in [0.15, 0.2) is 5.82 Å². The first-order chi connectivity index (χ1) is 14.1. The van der Waals surface area contributed by atoms with Gasteiger partial charge < -0.3 is 19.5 Å². The number of aryl methyl sites for hydroxylation is 2. The average molecular weight is 399 g/mol. The first-order valence-electron chi connectivity index (χ1n) is 10.6. The van der Waals surface area contributed by atoms with Crippen molar-refractivity contribution in [3.63, 3.8) is 0 Å². The average Bonchev–Trinajstić information content (AvgIpc) is 3.32. The van der Waals surface area contributed by atoms with Crippen LogP contribution in [0.2, 0.25) is 0 Å². The molecule has 4 rings (SSSR count). The zero-order valence-corrected chi connectivity index (χ0v) is 17.3. The van der Waals surface area contributed by atoms with Gasteiger partial charge in [-0.2, -0.15) is 4.98 Å². The van der Waals surface area contributed by atoms with Gasteiger partial charge in [0.05, 0.1) is 5.92 Å². The highest BCUT2D eigenvalue weighted by Gasteiger charge is 2.51. The van der Waals surface area contributed by atoms with Gasteiger partial charge >= 0.3 is 6.03 Å². The highest BCUT2D eigenvalue weighted by atomic mass is 16.5. The number of unbranched alkanes of at least 4 members (excludes halogenated alkanes) is 1. The zero-order valence-electron chi connectivity index (χ0n) is 17.3. The Morgan fingerprint density at radius 2 is 2.03 bits per heavy atom. The maximum Gasteiger partial charge on any atom is 0.321 e. The summed E-state index contributed by atoms with van der Waals surface area (Å²) in [5, 5.41) is 7.03. The van der Waals surface area contributed by atoms with E-state index in [1.54, 1.807) is 0 Å². The number of benzene rings is 1. The molecule has 29 heavy (non-hydrogen) atoms. The summed E-state index contributed by atoms with van der Waals surface area (Å²) in [7, 11) is 0. The number of nitrogens with zero attached hydrogens (tertiary/aromatic N) is 3. The highest BCUT2D eigenvalue weighted by Crippen LogP contribution is 2.49. The Balaban J connectivity index is 1.46. The lowest BCUT2D eigenvalue weighted by molar-refractivity contribution is 0.00959. The minimum atomic E-state index is -0.0732. The van der Waals surface area contributed by atoms with Crippen molar-refractivity contribution < 1.29 is 14.1 Å². The number of hydrogen-bond donors (Lipinski definition) is 1. The first-order valence-corrected chi connectivity index (χ1v) is 10.6. The fourth-order valence-electron chi connectivity index (χ4n) is 4.54. The van der Waals surface area contributed by atoms with E-state index in [1.807, 2.05) is 24.0 Å². The molecule has 0 aliphatic carbocycles. The molecular weight excluding hydrogens is 368 g/mol. The number of aromatic nitrogens is 2. The van der Waals surface area contributed by atoms with Crippen molar-refractivity contribution in [1.82, 2.24) is 15.0 Å². The van der Waals surface area contributed by atoms with Crippen LogP contribution < -0.4 is 5.32 Å². The minimum Gasteiger partial charge on any atom is -0.381 e. The number of likely N-dealkylation sites (tertiary alicyclic amines) is 1. The van der Waals surface area contributed by atoms with Crippen molar-refractivity contribution >= 4 is 11.7 Å². The monoisotopic (exact) mass is 398 g/mol. The smallest absolute Gasteiger partial charge is 0.321 e. The maximum absolute atomic E-state index is 13.0. The van der Waals surface area contributed by atoms with Gasteiger partial charge in [0.1, 0.15) is 0 Å². The molecule has 0 unspecified atom stereocenters. The Bertz CT molecular complexity index is 827. The number of carbonyl (C=O) groups is 1. The maximum atomic E-state index is 13.0. The number of rotatable bonds is 5. The van der Waals surface area contributed by atoms with Crippen LogP contribution >= 0.6 is 0 Å². The van der Waals surface area contributed by atoms with Gasteiger partial charge in [0.25, 0.3) is 0 Å². The molecule has 2 aromatic rings. The van der Waals surface area contributed by atoms with Crippen LogP contribution in [0.3, 0.4) is 0 Å². The van der Waals surface area contributed by atoms with Crippen LogP contribution in [-0.4, -0.2) is 47.4 Å². The number of ether oxygens (including phenoxy) is 1. The Kier molecular flexibility index (Phi) is 5.85. The molecular formula is C22H30N4O3. The molecule has 1 spiro atoms. The summed E-state index contributed by atoms with van der Waals surface area (Å²) in [6.07, 6.45) is 5.24. The molecule has 1 N–H and O–H groups in total. The summed E-state index contributed by atoms with van der Waals surface area (Å²) in [4.78, 5) is 19.4. The third-order valence-corrected chi connectivity index (χ3v) is 6.29. The third-order valence-electron chi connectivity index (χ3n) is 6.29. The van der Waals surface area contributed by atoms with E-state index in [0.717, 1.165) is 24.9 Å². The lowest BCUT2D eigenvalue weighted by atomic mass is 9.72. The third kappa shape index (κ3) is 4.29. The van der Waals surface area contributed by atoms with E-state index < -0.39 is 0 Å². The van der Waals surface area contributed by atoms with Gasteiger partial charge in [-0.25, -0.2) is 4.79 Å². The predicted octanol–water partition coefficient (Wildman–Crippen LogP) is 4.15. The van der Waals surface area contributed by atoms with Crippen molar-refractivity contribution in [3.05, 3.63) is 41.5 Å². The van der Waals surface area contributed by atoms with Crippen molar-refractivity contribution in [2.24, 2.45) is 5.41 Å². The van der Waals surface area contributed by atoms with E-state index in [4.69, 9.17) is 9.26 Å². The fourth-order valence-corrected chi connectivity index (χ4v) is 4.54. The molecule has 1 aromatic carbocycles. The van der Waals surface area contributed by atoms with Crippen molar-refractivity contribution in [2.75, 3.05) is 31.6 Å². The molecule has 1 aromatic heterocycles. The van der Waals surface area contributed by atoms with Gasteiger partial charge in [-0.05, 0) is 50.3 Å². The van der Waals surface area contributed by atoms with E-state index >= 15 is 0 Å². The largest absolute Gasteiger partial charge is 0.381 e. The number of amides is 2. The van der Waals surface area contributed by atoms with Gasteiger partial charge in [-0.1, -0.05) is 30.6 Å². The minimum absolute atomic E-state index is 0.0507. The lowest BCUT2D eigenvalue weighted by Gasteiger charge is -2.36. The molecule has 156 valence electrons. The number of carbonyl (C=O) groups excluding carboxylic acids is 1. The number of hydrogen-bond acceptors (Lipinski definition) is 5. The lowest BCUT2D eigenvalue weighted by Crippen LogP contribution is -2.38. The number of nitrogens with one attached hydrogen (secondary N) is 1. The van der Waals surface area contributed by atoms with E-state index in [2.05, 4.69) is 34.5 Å². The van der Waals surface area contributed by atoms with Crippen LogP contribution in [0.1, 0.15) is 55.8 Å². The zero-order chi connectivity index (χ0) is 20.3. The van der Waals surface area contributed by atoms with Crippen LogP contribution in [0.4, 0.5) is 10.5 Å². The second-order valence-corrected chi connectivity index (χ2v) is 8.32. The van der Waals surface area contributed by atoms with Gasteiger partial charge in [0.2, 0.25) is 5.89 Å². The van der Waals surface area contributed by atoms with Crippen LogP contribution in [0.15, 0.2) is 28.8 Å².